The maximum absolute atomic E-state index is 12.5. The maximum atomic E-state index is 12.5. The van der Waals surface area contributed by atoms with Crippen molar-refractivity contribution in [3.8, 4) is 0 Å². The van der Waals surface area contributed by atoms with Crippen LogP contribution in [0.1, 0.15) is 34.6 Å². The van der Waals surface area contributed by atoms with Gasteiger partial charge in [0, 0.05) is 49.8 Å². The highest BCUT2D eigenvalue weighted by molar-refractivity contribution is 14.2. The molecule has 0 N–H and O–H groups in total. The predicted molar refractivity (Wildman–Crippen MR) is 108 cm³/mol. The smallest absolute Gasteiger partial charge is 0.400 e. The maximum Gasteiger partial charge on any atom is 0.492 e. The number of likely N-dealkylation sites (N-methyl/N-ethyl adjacent to an activating group) is 1. The normalized spacial score (nSPS) is 30.5. The zero-order valence-electron chi connectivity index (χ0n) is 15.0. The number of allylic oxidation sites excluding steroid dienone is 2. The fourth-order valence-electron chi connectivity index (χ4n) is 2.43. The first-order chi connectivity index (χ1) is 11.0. The molecule has 0 saturated carbocycles. The van der Waals surface area contributed by atoms with E-state index in [1.54, 1.807) is 16.3 Å². The van der Waals surface area contributed by atoms with Gasteiger partial charge in [0.2, 0.25) is 0 Å². The van der Waals surface area contributed by atoms with Crippen LogP contribution in [0.2, 0.25) is 0 Å². The van der Waals surface area contributed by atoms with E-state index in [0.29, 0.717) is 5.70 Å². The molecule has 2 heterocycles. The number of nitrogens with zero attached hydrogens (tertiary/aromatic N) is 2. The minimum atomic E-state index is -0.489. The van der Waals surface area contributed by atoms with Gasteiger partial charge in [-0.25, -0.2) is 0 Å². The second-order valence-corrected chi connectivity index (χ2v) is 8.82. The van der Waals surface area contributed by atoms with E-state index < -0.39 is 18.3 Å². The molecule has 24 heavy (non-hydrogen) atoms. The van der Waals surface area contributed by atoms with Crippen molar-refractivity contribution in [3.63, 3.8) is 0 Å². The Morgan fingerprint density at radius 3 is 2.33 bits per heavy atom. The SMILES string of the molecule is C=C1C(=O)N(C)/C=C(/B2OC(C)(C)C(C)(C)O2)C(C)/C=C\N1SI. The number of carbonyl (C=O) groups excluding carboxylic acids is 1. The van der Waals surface area contributed by atoms with E-state index in [4.69, 9.17) is 9.31 Å². The van der Waals surface area contributed by atoms with Crippen LogP contribution >= 0.6 is 30.3 Å². The highest BCUT2D eigenvalue weighted by Gasteiger charge is 2.53. The summed E-state index contributed by atoms with van der Waals surface area (Å²) in [6, 6.07) is 0. The van der Waals surface area contributed by atoms with Gasteiger partial charge in [-0.1, -0.05) is 19.6 Å². The lowest BCUT2D eigenvalue weighted by molar-refractivity contribution is -0.124. The number of amides is 1. The first kappa shape index (κ1) is 19.9. The molecule has 2 aliphatic heterocycles. The van der Waals surface area contributed by atoms with Crippen molar-refractivity contribution in [2.45, 2.75) is 45.8 Å². The Morgan fingerprint density at radius 1 is 1.29 bits per heavy atom. The third-order valence-electron chi connectivity index (χ3n) is 4.81. The monoisotopic (exact) mass is 462 g/mol. The molecule has 8 heteroatoms. The van der Waals surface area contributed by atoms with Crippen molar-refractivity contribution < 1.29 is 14.1 Å². The minimum Gasteiger partial charge on any atom is -0.400 e. The van der Waals surface area contributed by atoms with Crippen molar-refractivity contribution in [3.05, 3.63) is 36.2 Å². The second-order valence-electron chi connectivity index (χ2n) is 7.11. The summed E-state index contributed by atoms with van der Waals surface area (Å²) in [7, 11) is 2.65. The van der Waals surface area contributed by atoms with Gasteiger partial charge in [-0.2, -0.15) is 0 Å². The van der Waals surface area contributed by atoms with Crippen molar-refractivity contribution in [2.24, 2.45) is 5.92 Å². The van der Waals surface area contributed by atoms with E-state index in [2.05, 4.69) is 34.7 Å². The van der Waals surface area contributed by atoms with Crippen LogP contribution < -0.4 is 0 Å². The molecule has 2 aliphatic rings. The number of carbonyl (C=O) groups is 1. The van der Waals surface area contributed by atoms with Crippen molar-refractivity contribution in [2.75, 3.05) is 7.05 Å². The Balaban J connectivity index is 2.40. The van der Waals surface area contributed by atoms with Crippen molar-refractivity contribution in [1.29, 1.82) is 0 Å². The lowest BCUT2D eigenvalue weighted by atomic mass is 9.71. The summed E-state index contributed by atoms with van der Waals surface area (Å²) in [6.07, 6.45) is 5.71. The average Bonchev–Trinajstić information content (AvgIpc) is 2.72. The molecule has 0 spiro atoms. The third kappa shape index (κ3) is 3.71. The summed E-state index contributed by atoms with van der Waals surface area (Å²) >= 11 is 2.13. The molecule has 132 valence electrons. The summed E-state index contributed by atoms with van der Waals surface area (Å²) < 4.78 is 14.1. The van der Waals surface area contributed by atoms with Gasteiger partial charge in [0.1, 0.15) is 5.70 Å². The molecule has 0 aromatic heterocycles. The largest absolute Gasteiger partial charge is 0.492 e. The van der Waals surface area contributed by atoms with E-state index >= 15 is 0 Å². The number of hydrogen-bond acceptors (Lipinski definition) is 5. The van der Waals surface area contributed by atoms with Gasteiger partial charge < -0.3 is 14.2 Å². The molecular weight excluding hydrogens is 438 g/mol. The Bertz CT molecular complexity index is 590. The van der Waals surface area contributed by atoms with Crippen LogP contribution in [0.4, 0.5) is 0 Å². The fourth-order valence-corrected chi connectivity index (χ4v) is 3.81. The van der Waals surface area contributed by atoms with Gasteiger partial charge in [-0.05, 0) is 39.1 Å². The van der Waals surface area contributed by atoms with Crippen LogP contribution in [0.25, 0.3) is 0 Å². The van der Waals surface area contributed by atoms with Crippen LogP contribution in [0.3, 0.4) is 0 Å². The Kier molecular flexibility index (Phi) is 5.84. The number of rotatable bonds is 2. The first-order valence-corrected chi connectivity index (χ1v) is 11.1. The van der Waals surface area contributed by atoms with E-state index in [1.165, 1.54) is 9.12 Å². The van der Waals surface area contributed by atoms with Crippen LogP contribution in [0, 0.1) is 5.92 Å². The van der Waals surface area contributed by atoms with Crippen LogP contribution in [0.15, 0.2) is 36.2 Å². The van der Waals surface area contributed by atoms with E-state index in [-0.39, 0.29) is 11.8 Å². The predicted octanol–water partition coefficient (Wildman–Crippen LogP) is 3.94. The summed E-state index contributed by atoms with van der Waals surface area (Å²) in [5, 5.41) is 0. The topological polar surface area (TPSA) is 42.0 Å². The number of hydrogen-bond donors (Lipinski definition) is 0. The standard InChI is InChI=1S/C16H24BIN2O3S/c1-11-8-9-20(24-18)12(2)14(21)19(7)10-13(11)17-22-15(3,4)16(5,6)23-17/h8-11H,2H2,1,3-7H3/b9-8-,13-10+. The number of halogens is 1. The summed E-state index contributed by atoms with van der Waals surface area (Å²) in [4.78, 5) is 14.1. The minimum absolute atomic E-state index is 0.0481. The average molecular weight is 462 g/mol. The highest BCUT2D eigenvalue weighted by atomic mass is 127. The molecule has 1 unspecified atom stereocenters. The van der Waals surface area contributed by atoms with Gasteiger partial charge >= 0.3 is 7.12 Å². The molecule has 5 nitrogen and oxygen atoms in total. The molecule has 0 aromatic rings. The quantitative estimate of drug-likeness (QED) is 0.269. The molecule has 2 rings (SSSR count). The fraction of sp³-hybridized carbons (Fsp3) is 0.562. The van der Waals surface area contributed by atoms with Gasteiger partial charge in [-0.3, -0.25) is 9.10 Å². The lowest BCUT2D eigenvalue weighted by Gasteiger charge is -2.32. The van der Waals surface area contributed by atoms with Gasteiger partial charge in [0.15, 0.2) is 0 Å². The zero-order chi connectivity index (χ0) is 18.3. The Morgan fingerprint density at radius 2 is 1.83 bits per heavy atom. The van der Waals surface area contributed by atoms with Crippen LogP contribution in [-0.4, -0.2) is 40.5 Å². The van der Waals surface area contributed by atoms with E-state index in [1.807, 2.05) is 46.2 Å². The molecule has 1 saturated heterocycles. The molecule has 1 amide bonds. The van der Waals surface area contributed by atoms with Crippen LogP contribution in [0.5, 0.6) is 0 Å². The molecule has 0 aromatic carbocycles. The van der Waals surface area contributed by atoms with Crippen LogP contribution in [-0.2, 0) is 14.1 Å². The first-order valence-electron chi connectivity index (χ1n) is 7.80. The third-order valence-corrected chi connectivity index (χ3v) is 6.58. The van der Waals surface area contributed by atoms with E-state index in [9.17, 15) is 4.79 Å². The molecular formula is C16H24BIN2O3S. The lowest BCUT2D eigenvalue weighted by Crippen LogP contribution is -2.41. The van der Waals surface area contributed by atoms with E-state index in [0.717, 1.165) is 5.47 Å². The van der Waals surface area contributed by atoms with Gasteiger partial charge in [0.05, 0.1) is 11.2 Å². The second kappa shape index (κ2) is 7.05. The molecule has 0 radical (unpaired) electrons. The van der Waals surface area contributed by atoms with Gasteiger partial charge in [0.25, 0.3) is 5.91 Å². The highest BCUT2D eigenvalue weighted by Crippen LogP contribution is 2.40. The molecule has 0 bridgehead atoms. The molecule has 0 aliphatic carbocycles. The van der Waals surface area contributed by atoms with Gasteiger partial charge in [-0.15, -0.1) is 0 Å². The van der Waals surface area contributed by atoms with Crippen molar-refractivity contribution in [1.82, 2.24) is 9.21 Å². The van der Waals surface area contributed by atoms with Crippen molar-refractivity contribution >= 4 is 43.4 Å². The summed E-state index contributed by atoms with van der Waals surface area (Å²) in [5.41, 5.74) is 0.480. The Hall–Kier alpha value is -0.445. The summed E-state index contributed by atoms with van der Waals surface area (Å²) in [5.74, 6) is -0.112. The zero-order valence-corrected chi connectivity index (χ0v) is 18.0. The summed E-state index contributed by atoms with van der Waals surface area (Å²) in [6.45, 7) is 14.1. The molecule has 1 atom stereocenters. The Labute approximate surface area is 161 Å². The molecule has 1 fully saturated rings.